The van der Waals surface area contributed by atoms with Gasteiger partial charge in [0, 0.05) is 11.3 Å². The number of anilines is 1. The summed E-state index contributed by atoms with van der Waals surface area (Å²) in [6, 6.07) is 3.85. The molecule has 3 nitrogen and oxygen atoms in total. The molecule has 0 spiro atoms. The first-order valence-electron chi connectivity index (χ1n) is 7.07. The van der Waals surface area contributed by atoms with Crippen LogP contribution in [0.4, 0.5) is 10.1 Å². The highest BCUT2D eigenvalue weighted by Crippen LogP contribution is 2.30. The summed E-state index contributed by atoms with van der Waals surface area (Å²) in [4.78, 5) is 4.15. The molecule has 21 heavy (non-hydrogen) atoms. The average Bonchev–Trinajstić information content (AvgIpc) is 2.50. The number of hydrogen-bond donors (Lipinski definition) is 1. The maximum atomic E-state index is 13.5. The third-order valence-corrected chi connectivity index (χ3v) is 3.16. The van der Waals surface area contributed by atoms with Crippen LogP contribution in [-0.4, -0.2) is 12.8 Å². The number of benzene rings is 1. The molecule has 1 aromatic carbocycles. The Morgan fingerprint density at radius 1 is 1.38 bits per heavy atom. The summed E-state index contributed by atoms with van der Waals surface area (Å²) in [6.45, 7) is 5.78. The Morgan fingerprint density at radius 2 is 2.10 bits per heavy atom. The number of halogens is 1. The fourth-order valence-corrected chi connectivity index (χ4v) is 1.95. The minimum Gasteiger partial charge on any atom is -0.494 e. The second kappa shape index (κ2) is 8.25. The average molecular weight is 290 g/mol. The normalized spacial score (nSPS) is 13.0. The molecular formula is C17H23FN2O. The van der Waals surface area contributed by atoms with Crippen molar-refractivity contribution in [1.82, 2.24) is 0 Å². The molecule has 4 heteroatoms. The first-order valence-corrected chi connectivity index (χ1v) is 7.07. The highest BCUT2D eigenvalue weighted by atomic mass is 19.1. The Bertz CT molecular complexity index is 574. The molecule has 0 unspecified atom stereocenters. The molecule has 0 saturated heterocycles. The fraction of sp³-hybridized carbons (Fsp3) is 0.353. The van der Waals surface area contributed by atoms with Gasteiger partial charge in [0.15, 0.2) is 5.75 Å². The van der Waals surface area contributed by atoms with Gasteiger partial charge in [-0.05, 0) is 37.5 Å². The molecule has 0 atom stereocenters. The highest BCUT2D eigenvalue weighted by molar-refractivity contribution is 6.03. The molecule has 0 amide bonds. The Kier molecular flexibility index (Phi) is 6.66. The predicted molar refractivity (Wildman–Crippen MR) is 87.6 cm³/mol. The highest BCUT2D eigenvalue weighted by Gasteiger charge is 2.12. The van der Waals surface area contributed by atoms with Gasteiger partial charge in [0.2, 0.25) is 0 Å². The van der Waals surface area contributed by atoms with Crippen LogP contribution in [0.15, 0.2) is 41.3 Å². The Balaban J connectivity index is 3.15. The molecule has 0 fully saturated rings. The number of nitrogen functional groups attached to an aromatic ring is 1. The number of rotatable bonds is 6. The molecule has 0 heterocycles. The summed E-state index contributed by atoms with van der Waals surface area (Å²) >= 11 is 0. The van der Waals surface area contributed by atoms with Gasteiger partial charge in [0.1, 0.15) is 5.83 Å². The molecule has 0 radical (unpaired) electrons. The number of hydrogen-bond acceptors (Lipinski definition) is 3. The van der Waals surface area contributed by atoms with Crippen molar-refractivity contribution in [2.24, 2.45) is 4.99 Å². The topological polar surface area (TPSA) is 47.6 Å². The molecule has 0 aliphatic heterocycles. The van der Waals surface area contributed by atoms with Gasteiger partial charge in [-0.3, -0.25) is 4.99 Å². The molecule has 0 aliphatic carbocycles. The van der Waals surface area contributed by atoms with E-state index in [-0.39, 0.29) is 5.83 Å². The van der Waals surface area contributed by atoms with Crippen LogP contribution in [0.5, 0.6) is 5.75 Å². The minimum absolute atomic E-state index is 0.381. The number of nitrogens with zero attached hydrogens (tertiary/aromatic N) is 1. The van der Waals surface area contributed by atoms with Crippen molar-refractivity contribution in [3.05, 3.63) is 47.4 Å². The quantitative estimate of drug-likeness (QED) is 0.479. The van der Waals surface area contributed by atoms with Crippen LogP contribution in [-0.2, 0) is 6.42 Å². The molecular weight excluding hydrogens is 267 g/mol. The van der Waals surface area contributed by atoms with Crippen molar-refractivity contribution in [3.63, 3.8) is 0 Å². The SMILES string of the molecule is CC/C=C/C(F)=C\N=C(C)c1ccc(CC)c(N)c1OC. The van der Waals surface area contributed by atoms with Gasteiger partial charge in [-0.15, -0.1) is 0 Å². The van der Waals surface area contributed by atoms with Crippen molar-refractivity contribution < 1.29 is 9.13 Å². The number of aryl methyl sites for hydroxylation is 1. The molecule has 0 aromatic heterocycles. The number of allylic oxidation sites excluding steroid dienone is 3. The minimum atomic E-state index is -0.381. The number of aliphatic imine (C=N–C) groups is 1. The zero-order valence-electron chi connectivity index (χ0n) is 13.1. The molecule has 114 valence electrons. The third kappa shape index (κ3) is 4.45. The number of ether oxygens (including phenoxy) is 1. The zero-order chi connectivity index (χ0) is 15.8. The summed E-state index contributed by atoms with van der Waals surface area (Å²) in [5, 5.41) is 0. The van der Waals surface area contributed by atoms with E-state index in [4.69, 9.17) is 10.5 Å². The van der Waals surface area contributed by atoms with Gasteiger partial charge >= 0.3 is 0 Å². The Labute approximate surface area is 126 Å². The van der Waals surface area contributed by atoms with Gasteiger partial charge in [0.25, 0.3) is 0 Å². The van der Waals surface area contributed by atoms with E-state index >= 15 is 0 Å². The lowest BCUT2D eigenvalue weighted by molar-refractivity contribution is 0.415. The van der Waals surface area contributed by atoms with Crippen LogP contribution < -0.4 is 10.5 Å². The van der Waals surface area contributed by atoms with Crippen molar-refractivity contribution in [3.8, 4) is 5.75 Å². The van der Waals surface area contributed by atoms with Crippen LogP contribution in [0, 0.1) is 0 Å². The van der Waals surface area contributed by atoms with E-state index < -0.39 is 0 Å². The number of methoxy groups -OCH3 is 1. The molecule has 1 rings (SSSR count). The molecule has 0 bridgehead atoms. The lowest BCUT2D eigenvalue weighted by Gasteiger charge is -2.13. The van der Waals surface area contributed by atoms with Gasteiger partial charge in [0.05, 0.1) is 19.0 Å². The Morgan fingerprint density at radius 3 is 2.67 bits per heavy atom. The van der Waals surface area contributed by atoms with Crippen molar-refractivity contribution >= 4 is 11.4 Å². The van der Waals surface area contributed by atoms with E-state index in [1.807, 2.05) is 26.0 Å². The van der Waals surface area contributed by atoms with E-state index in [2.05, 4.69) is 4.99 Å². The first-order chi connectivity index (χ1) is 10.0. The van der Waals surface area contributed by atoms with Gasteiger partial charge < -0.3 is 10.5 Å². The molecule has 0 aliphatic rings. The second-order valence-corrected chi connectivity index (χ2v) is 4.61. The van der Waals surface area contributed by atoms with E-state index in [0.717, 1.165) is 24.0 Å². The van der Waals surface area contributed by atoms with Crippen LogP contribution in [0.25, 0.3) is 0 Å². The summed E-state index contributed by atoms with van der Waals surface area (Å²) in [7, 11) is 1.57. The smallest absolute Gasteiger partial charge is 0.151 e. The van der Waals surface area contributed by atoms with Crippen molar-refractivity contribution in [2.75, 3.05) is 12.8 Å². The monoisotopic (exact) mass is 290 g/mol. The maximum Gasteiger partial charge on any atom is 0.151 e. The van der Waals surface area contributed by atoms with Gasteiger partial charge in [-0.25, -0.2) is 4.39 Å². The van der Waals surface area contributed by atoms with Crippen molar-refractivity contribution in [2.45, 2.75) is 33.6 Å². The van der Waals surface area contributed by atoms with Crippen LogP contribution >= 0.6 is 0 Å². The van der Waals surface area contributed by atoms with E-state index in [1.165, 1.54) is 12.3 Å². The largest absolute Gasteiger partial charge is 0.494 e. The summed E-state index contributed by atoms with van der Waals surface area (Å²) in [5.41, 5.74) is 9.15. The van der Waals surface area contributed by atoms with Crippen LogP contribution in [0.3, 0.4) is 0 Å². The van der Waals surface area contributed by atoms with E-state index in [9.17, 15) is 4.39 Å². The maximum absolute atomic E-state index is 13.5. The summed E-state index contributed by atoms with van der Waals surface area (Å²) in [5.74, 6) is 0.210. The van der Waals surface area contributed by atoms with E-state index in [0.29, 0.717) is 17.1 Å². The third-order valence-electron chi connectivity index (χ3n) is 3.16. The van der Waals surface area contributed by atoms with Gasteiger partial charge in [-0.2, -0.15) is 0 Å². The summed E-state index contributed by atoms with van der Waals surface area (Å²) < 4.78 is 18.8. The molecule has 2 N–H and O–H groups in total. The molecule has 0 saturated carbocycles. The lowest BCUT2D eigenvalue weighted by atomic mass is 10.0. The van der Waals surface area contributed by atoms with E-state index in [1.54, 1.807) is 20.1 Å². The number of nitrogens with two attached hydrogens (primary N) is 1. The first kappa shape index (κ1) is 17.0. The van der Waals surface area contributed by atoms with Crippen molar-refractivity contribution in [1.29, 1.82) is 0 Å². The summed E-state index contributed by atoms with van der Waals surface area (Å²) in [6.07, 6.45) is 5.96. The fourth-order valence-electron chi connectivity index (χ4n) is 1.95. The van der Waals surface area contributed by atoms with Crippen LogP contribution in [0.2, 0.25) is 0 Å². The lowest BCUT2D eigenvalue weighted by Crippen LogP contribution is -2.04. The second-order valence-electron chi connectivity index (χ2n) is 4.61. The van der Waals surface area contributed by atoms with Crippen LogP contribution in [0.1, 0.15) is 38.3 Å². The Hall–Kier alpha value is -2.10. The van der Waals surface area contributed by atoms with Gasteiger partial charge in [-0.1, -0.05) is 26.0 Å². The standard InChI is InChI=1S/C17H23FN2O/c1-5-7-8-14(18)11-20-12(3)15-10-9-13(6-2)16(19)17(15)21-4/h7-11H,5-6,19H2,1-4H3/b8-7+,14-11+,20-12?. The predicted octanol–water partition coefficient (Wildman–Crippen LogP) is 4.43. The zero-order valence-corrected chi connectivity index (χ0v) is 13.1. The molecule has 1 aromatic rings.